The van der Waals surface area contributed by atoms with E-state index in [4.69, 9.17) is 4.74 Å². The van der Waals surface area contributed by atoms with Gasteiger partial charge in [0.25, 0.3) is 0 Å². The average molecular weight is 213 g/mol. The smallest absolute Gasteiger partial charge is 0.119 e. The molecule has 82 valence electrons. The molecule has 0 radical (unpaired) electrons. The van der Waals surface area contributed by atoms with Crippen LogP contribution >= 0.6 is 0 Å². The summed E-state index contributed by atoms with van der Waals surface area (Å²) in [5.74, 6) is 0.882. The average Bonchev–Trinajstić information content (AvgIpc) is 2.39. The molecule has 0 saturated heterocycles. The Morgan fingerprint density at radius 3 is 2.31 bits per heavy atom. The number of benzene rings is 2. The molecule has 0 aliphatic heterocycles. The molecular weight excluding hydrogens is 198 g/mol. The van der Waals surface area contributed by atoms with Gasteiger partial charge in [0.15, 0.2) is 0 Å². The minimum atomic E-state index is 0.882. The monoisotopic (exact) mass is 213 g/mol. The van der Waals surface area contributed by atoms with Crippen LogP contribution in [0.15, 0.2) is 48.5 Å². The molecule has 2 nitrogen and oxygen atoms in total. The Morgan fingerprint density at radius 1 is 0.938 bits per heavy atom. The van der Waals surface area contributed by atoms with Gasteiger partial charge in [0.2, 0.25) is 0 Å². The summed E-state index contributed by atoms with van der Waals surface area (Å²) in [5, 5.41) is 3.13. The van der Waals surface area contributed by atoms with Crippen LogP contribution in [0.5, 0.6) is 5.75 Å². The first-order valence-electron chi connectivity index (χ1n) is 5.26. The maximum Gasteiger partial charge on any atom is 0.119 e. The molecule has 16 heavy (non-hydrogen) atoms. The van der Waals surface area contributed by atoms with Crippen molar-refractivity contribution in [3.05, 3.63) is 48.5 Å². The summed E-state index contributed by atoms with van der Waals surface area (Å²) >= 11 is 0. The second kappa shape index (κ2) is 4.71. The minimum absolute atomic E-state index is 0.882. The summed E-state index contributed by atoms with van der Waals surface area (Å²) < 4.78 is 5.22. The second-order valence-corrected chi connectivity index (χ2v) is 3.56. The topological polar surface area (TPSA) is 21.3 Å². The van der Waals surface area contributed by atoms with Crippen LogP contribution in [0.2, 0.25) is 0 Å². The molecule has 0 unspecified atom stereocenters. The summed E-state index contributed by atoms with van der Waals surface area (Å²) in [6, 6.07) is 16.4. The van der Waals surface area contributed by atoms with Gasteiger partial charge in [-0.3, -0.25) is 0 Å². The number of methoxy groups -OCH3 is 1. The highest BCUT2D eigenvalue weighted by Gasteiger charge is 1.99. The predicted molar refractivity (Wildman–Crippen MR) is 68.0 cm³/mol. The second-order valence-electron chi connectivity index (χ2n) is 3.56. The van der Waals surface area contributed by atoms with Crippen molar-refractivity contribution in [3.8, 4) is 16.9 Å². The van der Waals surface area contributed by atoms with Crippen LogP contribution in [0.25, 0.3) is 11.1 Å². The molecular formula is C14H15NO. The van der Waals surface area contributed by atoms with Gasteiger partial charge in [-0.25, -0.2) is 0 Å². The summed E-state index contributed by atoms with van der Waals surface area (Å²) in [7, 11) is 3.60. The van der Waals surface area contributed by atoms with Crippen LogP contribution in [0.4, 0.5) is 5.69 Å². The van der Waals surface area contributed by atoms with E-state index in [9.17, 15) is 0 Å². The molecule has 0 aliphatic rings. The fraction of sp³-hybridized carbons (Fsp3) is 0.143. The van der Waals surface area contributed by atoms with E-state index in [1.54, 1.807) is 7.11 Å². The fourth-order valence-electron chi connectivity index (χ4n) is 1.66. The van der Waals surface area contributed by atoms with Gasteiger partial charge in [-0.1, -0.05) is 24.3 Å². The lowest BCUT2D eigenvalue weighted by Gasteiger charge is -2.06. The molecule has 0 amide bonds. The van der Waals surface area contributed by atoms with Crippen molar-refractivity contribution in [1.29, 1.82) is 0 Å². The highest BCUT2D eigenvalue weighted by Crippen LogP contribution is 2.25. The minimum Gasteiger partial charge on any atom is -0.497 e. The fourth-order valence-corrected chi connectivity index (χ4v) is 1.66. The lowest BCUT2D eigenvalue weighted by atomic mass is 10.0. The van der Waals surface area contributed by atoms with Crippen molar-refractivity contribution in [2.45, 2.75) is 0 Å². The van der Waals surface area contributed by atoms with Crippen molar-refractivity contribution < 1.29 is 4.74 Å². The lowest BCUT2D eigenvalue weighted by molar-refractivity contribution is 0.415. The number of anilines is 1. The van der Waals surface area contributed by atoms with E-state index >= 15 is 0 Å². The zero-order valence-electron chi connectivity index (χ0n) is 9.53. The first-order valence-corrected chi connectivity index (χ1v) is 5.26. The molecule has 0 atom stereocenters. The van der Waals surface area contributed by atoms with E-state index in [-0.39, 0.29) is 0 Å². The van der Waals surface area contributed by atoms with Gasteiger partial charge < -0.3 is 10.1 Å². The molecule has 0 saturated carbocycles. The van der Waals surface area contributed by atoms with Gasteiger partial charge >= 0.3 is 0 Å². The SMILES string of the molecule is CNc1cccc(-c2cccc(OC)c2)c1. The van der Waals surface area contributed by atoms with Crippen LogP contribution in [-0.4, -0.2) is 14.2 Å². The molecule has 2 aromatic carbocycles. The van der Waals surface area contributed by atoms with Crippen LogP contribution in [-0.2, 0) is 0 Å². The van der Waals surface area contributed by atoms with Crippen LogP contribution in [0.3, 0.4) is 0 Å². The molecule has 2 rings (SSSR count). The van der Waals surface area contributed by atoms with Gasteiger partial charge in [0.1, 0.15) is 5.75 Å². The summed E-state index contributed by atoms with van der Waals surface area (Å²) in [5.41, 5.74) is 3.46. The molecule has 0 heterocycles. The van der Waals surface area contributed by atoms with Gasteiger partial charge in [-0.15, -0.1) is 0 Å². The van der Waals surface area contributed by atoms with Crippen molar-refractivity contribution in [3.63, 3.8) is 0 Å². The molecule has 0 spiro atoms. The largest absolute Gasteiger partial charge is 0.497 e. The third-order valence-electron chi connectivity index (χ3n) is 2.55. The highest BCUT2D eigenvalue weighted by atomic mass is 16.5. The number of hydrogen-bond donors (Lipinski definition) is 1. The summed E-state index contributed by atoms with van der Waals surface area (Å²) in [6.07, 6.45) is 0. The summed E-state index contributed by atoms with van der Waals surface area (Å²) in [6.45, 7) is 0. The third-order valence-corrected chi connectivity index (χ3v) is 2.55. The molecule has 2 heteroatoms. The van der Waals surface area contributed by atoms with Crippen molar-refractivity contribution >= 4 is 5.69 Å². The zero-order chi connectivity index (χ0) is 11.4. The van der Waals surface area contributed by atoms with Crippen molar-refractivity contribution in [1.82, 2.24) is 0 Å². The lowest BCUT2D eigenvalue weighted by Crippen LogP contribution is -1.88. The Morgan fingerprint density at radius 2 is 1.62 bits per heavy atom. The number of ether oxygens (including phenoxy) is 1. The normalized spacial score (nSPS) is 9.88. The van der Waals surface area contributed by atoms with Crippen LogP contribution in [0, 0.1) is 0 Å². The molecule has 0 fully saturated rings. The van der Waals surface area contributed by atoms with Gasteiger partial charge in [0, 0.05) is 12.7 Å². The Labute approximate surface area is 95.9 Å². The van der Waals surface area contributed by atoms with Crippen molar-refractivity contribution in [2.75, 3.05) is 19.5 Å². The predicted octanol–water partition coefficient (Wildman–Crippen LogP) is 3.40. The number of rotatable bonds is 3. The number of hydrogen-bond acceptors (Lipinski definition) is 2. The first kappa shape index (κ1) is 10.6. The molecule has 2 aromatic rings. The Hall–Kier alpha value is -1.96. The Bertz CT molecular complexity index is 434. The zero-order valence-corrected chi connectivity index (χ0v) is 9.53. The van der Waals surface area contributed by atoms with Gasteiger partial charge in [-0.05, 0) is 35.4 Å². The van der Waals surface area contributed by atoms with E-state index in [1.165, 1.54) is 5.56 Å². The molecule has 0 aliphatic carbocycles. The van der Waals surface area contributed by atoms with E-state index in [2.05, 4.69) is 23.5 Å². The first-order chi connectivity index (χ1) is 7.83. The van der Waals surface area contributed by atoms with Gasteiger partial charge in [-0.2, -0.15) is 0 Å². The highest BCUT2D eigenvalue weighted by molar-refractivity contribution is 5.69. The van der Waals surface area contributed by atoms with E-state index in [1.807, 2.05) is 37.4 Å². The Balaban J connectivity index is 2.41. The van der Waals surface area contributed by atoms with E-state index < -0.39 is 0 Å². The quantitative estimate of drug-likeness (QED) is 0.843. The van der Waals surface area contributed by atoms with E-state index in [0.29, 0.717) is 0 Å². The van der Waals surface area contributed by atoms with E-state index in [0.717, 1.165) is 17.0 Å². The maximum absolute atomic E-state index is 5.22. The molecule has 0 bridgehead atoms. The van der Waals surface area contributed by atoms with Gasteiger partial charge in [0.05, 0.1) is 7.11 Å². The maximum atomic E-state index is 5.22. The third kappa shape index (κ3) is 2.16. The van der Waals surface area contributed by atoms with Crippen LogP contribution < -0.4 is 10.1 Å². The number of nitrogens with one attached hydrogen (secondary N) is 1. The standard InChI is InChI=1S/C14H15NO/c1-15-13-7-3-5-11(9-13)12-6-4-8-14(10-12)16-2/h3-10,15H,1-2H3. The summed E-state index contributed by atoms with van der Waals surface area (Å²) in [4.78, 5) is 0. The van der Waals surface area contributed by atoms with Crippen molar-refractivity contribution in [2.24, 2.45) is 0 Å². The Kier molecular flexibility index (Phi) is 3.10. The molecule has 1 N–H and O–H groups in total. The van der Waals surface area contributed by atoms with Crippen LogP contribution in [0.1, 0.15) is 0 Å². The molecule has 0 aromatic heterocycles.